The van der Waals surface area contributed by atoms with Gasteiger partial charge in [-0.25, -0.2) is 9.78 Å². The molecule has 116 valence electrons. The standard InChI is InChI=1S/C15H22BrN3O2/c1-15(2,3)21-14(20)18-12-5-4-8-19(10-12)13-9-11(16)6-7-17-13/h6-7,9,12H,4-5,8,10H2,1-3H3,(H,18,20). The van der Waals surface area contributed by atoms with Gasteiger partial charge in [-0.15, -0.1) is 0 Å². The number of carbonyl (C=O) groups excluding carboxylic acids is 1. The minimum absolute atomic E-state index is 0.0920. The Morgan fingerprint density at radius 1 is 1.52 bits per heavy atom. The lowest BCUT2D eigenvalue weighted by molar-refractivity contribution is 0.0500. The second-order valence-corrected chi connectivity index (χ2v) is 7.18. The van der Waals surface area contributed by atoms with Gasteiger partial charge in [0.25, 0.3) is 0 Å². The van der Waals surface area contributed by atoms with Crippen LogP contribution >= 0.6 is 15.9 Å². The lowest BCUT2D eigenvalue weighted by Gasteiger charge is -2.34. The Hall–Kier alpha value is -1.30. The van der Waals surface area contributed by atoms with Crippen LogP contribution in [0.15, 0.2) is 22.8 Å². The number of halogens is 1. The number of aromatic nitrogens is 1. The highest BCUT2D eigenvalue weighted by atomic mass is 79.9. The van der Waals surface area contributed by atoms with E-state index in [-0.39, 0.29) is 12.1 Å². The molecular weight excluding hydrogens is 334 g/mol. The van der Waals surface area contributed by atoms with E-state index in [9.17, 15) is 4.79 Å². The van der Waals surface area contributed by atoms with E-state index >= 15 is 0 Å². The van der Waals surface area contributed by atoms with E-state index in [1.165, 1.54) is 0 Å². The zero-order valence-corrected chi connectivity index (χ0v) is 14.3. The number of carbonyl (C=O) groups is 1. The first kappa shape index (κ1) is 16.1. The third-order valence-corrected chi connectivity index (χ3v) is 3.67. The first-order valence-electron chi connectivity index (χ1n) is 7.19. The summed E-state index contributed by atoms with van der Waals surface area (Å²) in [5, 5.41) is 2.95. The van der Waals surface area contributed by atoms with Crippen molar-refractivity contribution in [3.63, 3.8) is 0 Å². The number of ether oxygens (including phenoxy) is 1. The van der Waals surface area contributed by atoms with Gasteiger partial charge in [0.2, 0.25) is 0 Å². The van der Waals surface area contributed by atoms with E-state index in [2.05, 4.69) is 31.1 Å². The number of hydrogen-bond donors (Lipinski definition) is 1. The first-order valence-corrected chi connectivity index (χ1v) is 7.99. The van der Waals surface area contributed by atoms with Crippen molar-refractivity contribution in [2.24, 2.45) is 0 Å². The van der Waals surface area contributed by atoms with Crippen LogP contribution in [-0.2, 0) is 4.74 Å². The Morgan fingerprint density at radius 2 is 2.29 bits per heavy atom. The summed E-state index contributed by atoms with van der Waals surface area (Å²) in [5.41, 5.74) is -0.468. The van der Waals surface area contributed by atoms with E-state index < -0.39 is 5.60 Å². The van der Waals surface area contributed by atoms with Crippen molar-refractivity contribution in [3.05, 3.63) is 22.8 Å². The molecule has 1 fully saturated rings. The second-order valence-electron chi connectivity index (χ2n) is 6.26. The van der Waals surface area contributed by atoms with Crippen LogP contribution in [0.5, 0.6) is 0 Å². The third-order valence-electron chi connectivity index (χ3n) is 3.17. The van der Waals surface area contributed by atoms with Crippen molar-refractivity contribution < 1.29 is 9.53 Å². The van der Waals surface area contributed by atoms with Crippen molar-refractivity contribution >= 4 is 27.8 Å². The van der Waals surface area contributed by atoms with Crippen LogP contribution in [0.3, 0.4) is 0 Å². The number of amides is 1. The molecule has 1 aromatic heterocycles. The number of piperidine rings is 1. The molecule has 0 radical (unpaired) electrons. The number of anilines is 1. The number of alkyl carbamates (subject to hydrolysis) is 1. The number of nitrogens with one attached hydrogen (secondary N) is 1. The maximum atomic E-state index is 11.8. The molecule has 1 saturated heterocycles. The molecule has 1 unspecified atom stereocenters. The van der Waals surface area contributed by atoms with E-state index in [0.29, 0.717) is 0 Å². The van der Waals surface area contributed by atoms with Crippen LogP contribution in [0.4, 0.5) is 10.6 Å². The molecule has 1 aromatic rings. The number of pyridine rings is 1. The maximum absolute atomic E-state index is 11.8. The summed E-state index contributed by atoms with van der Waals surface area (Å²) in [6, 6.07) is 3.99. The Kier molecular flexibility index (Phi) is 5.08. The summed E-state index contributed by atoms with van der Waals surface area (Å²) in [5.74, 6) is 0.931. The molecule has 2 rings (SSSR count). The summed E-state index contributed by atoms with van der Waals surface area (Å²) >= 11 is 3.46. The molecule has 6 heteroatoms. The predicted molar refractivity (Wildman–Crippen MR) is 86.5 cm³/mol. The van der Waals surface area contributed by atoms with Crippen LogP contribution in [0.25, 0.3) is 0 Å². The molecule has 1 amide bonds. The molecule has 1 atom stereocenters. The number of hydrogen-bond acceptors (Lipinski definition) is 4. The molecule has 1 N–H and O–H groups in total. The summed E-state index contributed by atoms with van der Waals surface area (Å²) in [6.07, 6.45) is 3.42. The Morgan fingerprint density at radius 3 is 2.95 bits per heavy atom. The summed E-state index contributed by atoms with van der Waals surface area (Å²) < 4.78 is 6.32. The topological polar surface area (TPSA) is 54.5 Å². The van der Waals surface area contributed by atoms with E-state index in [1.807, 2.05) is 32.9 Å². The highest BCUT2D eigenvalue weighted by Crippen LogP contribution is 2.21. The molecule has 0 spiro atoms. The molecule has 1 aliphatic rings. The molecule has 0 bridgehead atoms. The number of rotatable bonds is 2. The summed E-state index contributed by atoms with van der Waals surface area (Å²) in [4.78, 5) is 18.4. The zero-order valence-electron chi connectivity index (χ0n) is 12.7. The Balaban J connectivity index is 1.93. The molecule has 21 heavy (non-hydrogen) atoms. The van der Waals surface area contributed by atoms with Gasteiger partial charge in [0, 0.05) is 29.8 Å². The summed E-state index contributed by atoms with van der Waals surface area (Å²) in [6.45, 7) is 7.31. The van der Waals surface area contributed by atoms with Crippen molar-refractivity contribution in [1.29, 1.82) is 0 Å². The van der Waals surface area contributed by atoms with Gasteiger partial charge in [0.1, 0.15) is 11.4 Å². The smallest absolute Gasteiger partial charge is 0.407 e. The van der Waals surface area contributed by atoms with E-state index in [4.69, 9.17) is 4.74 Å². The van der Waals surface area contributed by atoms with Gasteiger partial charge in [-0.05, 0) is 45.7 Å². The van der Waals surface area contributed by atoms with Crippen LogP contribution in [0.1, 0.15) is 33.6 Å². The van der Waals surface area contributed by atoms with Gasteiger partial charge >= 0.3 is 6.09 Å². The van der Waals surface area contributed by atoms with Gasteiger partial charge in [-0.3, -0.25) is 0 Å². The number of nitrogens with zero attached hydrogens (tertiary/aromatic N) is 2. The monoisotopic (exact) mass is 355 g/mol. The van der Waals surface area contributed by atoms with Crippen LogP contribution in [-0.4, -0.2) is 35.8 Å². The normalized spacial score (nSPS) is 19.2. The average molecular weight is 356 g/mol. The Labute approximate surface area is 134 Å². The molecular formula is C15H22BrN3O2. The Bertz CT molecular complexity index is 502. The average Bonchev–Trinajstić information content (AvgIpc) is 2.36. The van der Waals surface area contributed by atoms with Gasteiger partial charge < -0.3 is 15.0 Å². The van der Waals surface area contributed by atoms with Crippen LogP contribution < -0.4 is 10.2 Å². The van der Waals surface area contributed by atoms with Gasteiger partial charge in [-0.2, -0.15) is 0 Å². The summed E-state index contributed by atoms with van der Waals surface area (Å²) in [7, 11) is 0. The van der Waals surface area contributed by atoms with Crippen LogP contribution in [0, 0.1) is 0 Å². The first-order chi connectivity index (χ1) is 9.83. The lowest BCUT2D eigenvalue weighted by Crippen LogP contribution is -2.49. The van der Waals surface area contributed by atoms with Crippen molar-refractivity contribution in [1.82, 2.24) is 10.3 Å². The fourth-order valence-electron chi connectivity index (χ4n) is 2.34. The van der Waals surface area contributed by atoms with Gasteiger partial charge in [0.05, 0.1) is 0 Å². The quantitative estimate of drug-likeness (QED) is 0.883. The minimum Gasteiger partial charge on any atom is -0.444 e. The largest absolute Gasteiger partial charge is 0.444 e. The highest BCUT2D eigenvalue weighted by Gasteiger charge is 2.24. The second kappa shape index (κ2) is 6.64. The predicted octanol–water partition coefficient (Wildman–Crippen LogP) is 3.34. The van der Waals surface area contributed by atoms with Crippen LogP contribution in [0.2, 0.25) is 0 Å². The van der Waals surface area contributed by atoms with Crippen molar-refractivity contribution in [3.8, 4) is 0 Å². The van der Waals surface area contributed by atoms with Crippen molar-refractivity contribution in [2.75, 3.05) is 18.0 Å². The highest BCUT2D eigenvalue weighted by molar-refractivity contribution is 9.10. The SMILES string of the molecule is CC(C)(C)OC(=O)NC1CCCN(c2cc(Br)ccn2)C1. The molecule has 2 heterocycles. The fraction of sp³-hybridized carbons (Fsp3) is 0.600. The van der Waals surface area contributed by atoms with E-state index in [1.54, 1.807) is 6.20 Å². The molecule has 0 saturated carbocycles. The zero-order chi connectivity index (χ0) is 15.5. The minimum atomic E-state index is -0.468. The molecule has 0 aromatic carbocycles. The molecule has 1 aliphatic heterocycles. The fourth-order valence-corrected chi connectivity index (χ4v) is 2.67. The lowest BCUT2D eigenvalue weighted by atomic mass is 10.1. The van der Waals surface area contributed by atoms with Gasteiger partial charge in [0.15, 0.2) is 0 Å². The maximum Gasteiger partial charge on any atom is 0.407 e. The molecule has 5 nitrogen and oxygen atoms in total. The van der Waals surface area contributed by atoms with Gasteiger partial charge in [-0.1, -0.05) is 15.9 Å². The van der Waals surface area contributed by atoms with Crippen molar-refractivity contribution in [2.45, 2.75) is 45.3 Å². The third kappa shape index (κ3) is 5.19. The van der Waals surface area contributed by atoms with E-state index in [0.717, 1.165) is 36.2 Å². The molecule has 0 aliphatic carbocycles.